The van der Waals surface area contributed by atoms with Crippen molar-refractivity contribution in [2.45, 2.75) is 31.2 Å². The Labute approximate surface area is 163 Å². The molecular weight excluding hydrogens is 364 g/mol. The Morgan fingerprint density at radius 1 is 1.19 bits per heavy atom. The van der Waals surface area contributed by atoms with Crippen LogP contribution in [0.4, 0.5) is 10.5 Å². The number of anilines is 1. The van der Waals surface area contributed by atoms with Crippen LogP contribution in [0.15, 0.2) is 29.4 Å². The molecule has 27 heavy (non-hydrogen) atoms. The number of hydrogen-bond donors (Lipinski definition) is 2. The van der Waals surface area contributed by atoms with Crippen LogP contribution in [0, 0.1) is 0 Å². The van der Waals surface area contributed by atoms with Crippen LogP contribution in [0.25, 0.3) is 11.4 Å². The van der Waals surface area contributed by atoms with Gasteiger partial charge in [0, 0.05) is 38.4 Å². The van der Waals surface area contributed by atoms with Crippen molar-refractivity contribution in [3.05, 3.63) is 24.3 Å². The zero-order chi connectivity index (χ0) is 20.0. The molecule has 1 atom stereocenters. The molecule has 2 aromatic rings. The maximum absolute atomic E-state index is 12.0. The van der Waals surface area contributed by atoms with E-state index in [4.69, 9.17) is 0 Å². The van der Waals surface area contributed by atoms with Gasteiger partial charge in [-0.05, 0) is 45.0 Å². The molecule has 1 aromatic carbocycles. The first-order valence-electron chi connectivity index (χ1n) is 8.85. The van der Waals surface area contributed by atoms with Crippen LogP contribution in [0.3, 0.4) is 0 Å². The second-order valence-corrected chi connectivity index (χ2v) is 7.22. The van der Waals surface area contributed by atoms with Crippen LogP contribution in [0.2, 0.25) is 0 Å². The van der Waals surface area contributed by atoms with Crippen LogP contribution in [0.1, 0.15) is 20.8 Å². The molecule has 0 saturated carbocycles. The lowest BCUT2D eigenvalue weighted by molar-refractivity contribution is -0.119. The maximum atomic E-state index is 12.0. The highest BCUT2D eigenvalue weighted by atomic mass is 32.2. The van der Waals surface area contributed by atoms with Gasteiger partial charge in [-0.3, -0.25) is 10.1 Å². The number of nitrogens with one attached hydrogen (secondary N) is 2. The van der Waals surface area contributed by atoms with E-state index in [1.54, 1.807) is 6.92 Å². The highest BCUT2D eigenvalue weighted by molar-refractivity contribution is 8.00. The fourth-order valence-electron chi connectivity index (χ4n) is 2.57. The van der Waals surface area contributed by atoms with Gasteiger partial charge in [0.05, 0.1) is 5.25 Å². The van der Waals surface area contributed by atoms with Crippen molar-refractivity contribution in [3.8, 4) is 11.4 Å². The van der Waals surface area contributed by atoms with Crippen molar-refractivity contribution in [2.75, 3.05) is 25.0 Å². The minimum Gasteiger partial charge on any atom is -0.372 e. The molecular formula is C18H26N6O2S. The third kappa shape index (κ3) is 5.00. The van der Waals surface area contributed by atoms with E-state index in [2.05, 4.69) is 51.7 Å². The fraction of sp³-hybridized carbons (Fsp3) is 0.444. The monoisotopic (exact) mass is 390 g/mol. The number of imide groups is 1. The second kappa shape index (κ2) is 9.40. The summed E-state index contributed by atoms with van der Waals surface area (Å²) in [5, 5.41) is 13.2. The van der Waals surface area contributed by atoms with Crippen LogP contribution in [0.5, 0.6) is 0 Å². The highest BCUT2D eigenvalue weighted by Crippen LogP contribution is 2.27. The fourth-order valence-corrected chi connectivity index (χ4v) is 3.38. The molecule has 146 valence electrons. The van der Waals surface area contributed by atoms with E-state index in [1.807, 2.05) is 23.7 Å². The largest absolute Gasteiger partial charge is 0.372 e. The number of aromatic nitrogens is 3. The molecule has 1 aromatic heterocycles. The molecule has 0 aliphatic rings. The Bertz CT molecular complexity index is 786. The van der Waals surface area contributed by atoms with Crippen LogP contribution in [-0.4, -0.2) is 52.1 Å². The summed E-state index contributed by atoms with van der Waals surface area (Å²) >= 11 is 1.25. The predicted octanol–water partition coefficient (Wildman–Crippen LogP) is 2.26. The van der Waals surface area contributed by atoms with Crippen LogP contribution in [-0.2, 0) is 11.8 Å². The summed E-state index contributed by atoms with van der Waals surface area (Å²) in [6.45, 7) is 7.89. The van der Waals surface area contributed by atoms with E-state index in [0.29, 0.717) is 5.16 Å². The summed E-state index contributed by atoms with van der Waals surface area (Å²) in [5.41, 5.74) is 2.12. The standard InChI is InChI=1S/C18H26N6O2S/c1-6-24(7-2)14-10-8-13(9-11-14)15-21-22-18(23(15)5)27-12(3)16(25)20-17(26)19-4/h8-12H,6-7H2,1-5H3,(H2,19,20,25,26). The number of carbonyl (C=O) groups is 2. The molecule has 2 N–H and O–H groups in total. The number of benzene rings is 1. The normalized spacial score (nSPS) is 11.7. The number of carbonyl (C=O) groups excluding carboxylic acids is 2. The molecule has 0 aliphatic heterocycles. The smallest absolute Gasteiger partial charge is 0.321 e. The van der Waals surface area contributed by atoms with E-state index in [-0.39, 0.29) is 5.91 Å². The summed E-state index contributed by atoms with van der Waals surface area (Å²) in [4.78, 5) is 25.5. The topological polar surface area (TPSA) is 92.2 Å². The molecule has 8 nitrogen and oxygen atoms in total. The predicted molar refractivity (Wildman–Crippen MR) is 108 cm³/mol. The molecule has 0 saturated heterocycles. The van der Waals surface area contributed by atoms with Gasteiger partial charge in [0.1, 0.15) is 0 Å². The Morgan fingerprint density at radius 2 is 1.81 bits per heavy atom. The number of nitrogens with zero attached hydrogens (tertiary/aromatic N) is 4. The summed E-state index contributed by atoms with van der Waals surface area (Å²) in [5.74, 6) is 0.343. The lowest BCUT2D eigenvalue weighted by atomic mass is 10.2. The van der Waals surface area contributed by atoms with Gasteiger partial charge in [-0.25, -0.2) is 4.79 Å². The van der Waals surface area contributed by atoms with Gasteiger partial charge in [0.25, 0.3) is 0 Å². The summed E-state index contributed by atoms with van der Waals surface area (Å²) in [7, 11) is 3.32. The Hall–Kier alpha value is -2.55. The average molecular weight is 391 g/mol. The lowest BCUT2D eigenvalue weighted by Crippen LogP contribution is -2.41. The number of thioether (sulfide) groups is 1. The molecule has 1 unspecified atom stereocenters. The van der Waals surface area contributed by atoms with Crippen molar-refractivity contribution in [1.29, 1.82) is 0 Å². The van der Waals surface area contributed by atoms with Crippen LogP contribution < -0.4 is 15.5 Å². The summed E-state index contributed by atoms with van der Waals surface area (Å²) in [6, 6.07) is 7.66. The Balaban J connectivity index is 2.12. The van der Waals surface area contributed by atoms with Gasteiger partial charge in [0.15, 0.2) is 11.0 Å². The van der Waals surface area contributed by atoms with Gasteiger partial charge in [-0.15, -0.1) is 10.2 Å². The molecule has 3 amide bonds. The van der Waals surface area contributed by atoms with Gasteiger partial charge in [-0.1, -0.05) is 11.8 Å². The molecule has 2 rings (SSSR count). The molecule has 1 heterocycles. The quantitative estimate of drug-likeness (QED) is 0.705. The van der Waals surface area contributed by atoms with Crippen molar-refractivity contribution < 1.29 is 9.59 Å². The molecule has 0 radical (unpaired) electrons. The molecule has 0 aliphatic carbocycles. The average Bonchev–Trinajstić information content (AvgIpc) is 3.03. The SMILES string of the molecule is CCN(CC)c1ccc(-c2nnc(SC(C)C(=O)NC(=O)NC)n2C)cc1. The molecule has 0 fully saturated rings. The van der Waals surface area contributed by atoms with Gasteiger partial charge < -0.3 is 14.8 Å². The first-order chi connectivity index (χ1) is 12.9. The van der Waals surface area contributed by atoms with E-state index >= 15 is 0 Å². The van der Waals surface area contributed by atoms with Crippen molar-refractivity contribution in [1.82, 2.24) is 25.4 Å². The van der Waals surface area contributed by atoms with Crippen molar-refractivity contribution in [3.63, 3.8) is 0 Å². The molecule has 0 spiro atoms. The molecule has 9 heteroatoms. The third-order valence-electron chi connectivity index (χ3n) is 4.20. The first-order valence-corrected chi connectivity index (χ1v) is 9.73. The van der Waals surface area contributed by atoms with Crippen molar-refractivity contribution >= 4 is 29.4 Å². The third-order valence-corrected chi connectivity index (χ3v) is 5.34. The second-order valence-electron chi connectivity index (χ2n) is 5.91. The van der Waals surface area contributed by atoms with E-state index < -0.39 is 11.3 Å². The zero-order valence-corrected chi connectivity index (χ0v) is 17.1. The number of urea groups is 1. The van der Waals surface area contributed by atoms with E-state index in [0.717, 1.165) is 24.5 Å². The number of rotatable bonds is 7. The Morgan fingerprint density at radius 3 is 2.37 bits per heavy atom. The minimum atomic E-state index is -0.528. The zero-order valence-electron chi connectivity index (χ0n) is 16.3. The van der Waals surface area contributed by atoms with Gasteiger partial charge in [-0.2, -0.15) is 0 Å². The molecule has 0 bridgehead atoms. The van der Waals surface area contributed by atoms with Gasteiger partial charge >= 0.3 is 6.03 Å². The number of hydrogen-bond acceptors (Lipinski definition) is 6. The lowest BCUT2D eigenvalue weighted by Gasteiger charge is -2.21. The summed E-state index contributed by atoms with van der Waals surface area (Å²) < 4.78 is 1.85. The Kier molecular flexibility index (Phi) is 7.23. The first kappa shape index (κ1) is 20.8. The van der Waals surface area contributed by atoms with Gasteiger partial charge in [0.2, 0.25) is 5.91 Å². The van der Waals surface area contributed by atoms with E-state index in [1.165, 1.54) is 24.5 Å². The minimum absolute atomic E-state index is 0.382. The maximum Gasteiger partial charge on any atom is 0.321 e. The van der Waals surface area contributed by atoms with E-state index in [9.17, 15) is 9.59 Å². The van der Waals surface area contributed by atoms with Crippen molar-refractivity contribution in [2.24, 2.45) is 7.05 Å². The number of amides is 3. The van der Waals surface area contributed by atoms with Crippen LogP contribution >= 0.6 is 11.8 Å². The summed E-state index contributed by atoms with van der Waals surface area (Å²) in [6.07, 6.45) is 0. The highest BCUT2D eigenvalue weighted by Gasteiger charge is 2.20.